The van der Waals surface area contributed by atoms with Crippen LogP contribution in [-0.4, -0.2) is 11.1 Å². The normalized spacial score (nSPS) is 16.1. The van der Waals surface area contributed by atoms with Crippen molar-refractivity contribution in [3.8, 4) is 0 Å². The van der Waals surface area contributed by atoms with Crippen LogP contribution in [0.15, 0.2) is 0 Å². The second-order valence-corrected chi connectivity index (χ2v) is 4.33. The summed E-state index contributed by atoms with van der Waals surface area (Å²) >= 11 is 0. The number of hydrogen-bond acceptors (Lipinski definition) is 1. The van der Waals surface area contributed by atoms with Crippen molar-refractivity contribution in [1.29, 1.82) is 0 Å². The molecule has 0 aromatic carbocycles. The summed E-state index contributed by atoms with van der Waals surface area (Å²) in [6.45, 7) is 8.39. The molecule has 2 heteroatoms. The Morgan fingerprint density at radius 1 is 1.50 bits per heavy atom. The zero-order valence-corrected chi connectivity index (χ0v) is 8.55. The molecule has 1 unspecified atom stereocenters. The molecule has 0 aliphatic carbocycles. The van der Waals surface area contributed by atoms with Gasteiger partial charge in [0.1, 0.15) is 0 Å². The van der Waals surface area contributed by atoms with Crippen molar-refractivity contribution >= 4 is 5.97 Å². The molecule has 1 atom stereocenters. The summed E-state index contributed by atoms with van der Waals surface area (Å²) in [5.41, 5.74) is -0.0139. The molecule has 2 nitrogen and oxygen atoms in total. The molecule has 0 heterocycles. The van der Waals surface area contributed by atoms with Gasteiger partial charge in [-0.15, -0.1) is 0 Å². The van der Waals surface area contributed by atoms with Crippen molar-refractivity contribution in [3.63, 3.8) is 0 Å². The lowest BCUT2D eigenvalue weighted by molar-refractivity contribution is -0.139. The molecule has 0 radical (unpaired) electrons. The first-order valence-electron chi connectivity index (χ1n) is 4.61. The van der Waals surface area contributed by atoms with Gasteiger partial charge in [0, 0.05) is 0 Å². The molecule has 0 rings (SSSR count). The van der Waals surface area contributed by atoms with E-state index in [1.165, 1.54) is 0 Å². The largest absolute Gasteiger partial charge is 0.481 e. The number of carboxylic acid groups (broad SMARTS) is 1. The van der Waals surface area contributed by atoms with Crippen molar-refractivity contribution in [2.45, 2.75) is 47.0 Å². The average Bonchev–Trinajstić information content (AvgIpc) is 1.83. The molecule has 0 spiro atoms. The van der Waals surface area contributed by atoms with E-state index in [1.807, 2.05) is 0 Å². The van der Waals surface area contributed by atoms with E-state index >= 15 is 0 Å². The number of aliphatic carboxylic acids is 1. The molecule has 0 saturated carbocycles. The topological polar surface area (TPSA) is 37.3 Å². The van der Waals surface area contributed by atoms with Gasteiger partial charge < -0.3 is 5.11 Å². The molecule has 0 aromatic heterocycles. The van der Waals surface area contributed by atoms with Gasteiger partial charge in [-0.05, 0) is 17.8 Å². The Hall–Kier alpha value is -0.530. The lowest BCUT2D eigenvalue weighted by Gasteiger charge is -2.28. The molecule has 0 aromatic rings. The van der Waals surface area contributed by atoms with Crippen LogP contribution >= 0.6 is 0 Å². The Kier molecular flexibility index (Phi) is 4.29. The first-order valence-corrected chi connectivity index (χ1v) is 4.61. The summed E-state index contributed by atoms with van der Waals surface area (Å²) in [6.07, 6.45) is 2.23. The van der Waals surface area contributed by atoms with E-state index < -0.39 is 5.97 Å². The van der Waals surface area contributed by atoms with Gasteiger partial charge in [0.05, 0.1) is 6.42 Å². The maximum Gasteiger partial charge on any atom is 0.303 e. The fourth-order valence-electron chi connectivity index (χ4n) is 1.69. The van der Waals surface area contributed by atoms with E-state index in [1.54, 1.807) is 0 Å². The van der Waals surface area contributed by atoms with Crippen molar-refractivity contribution in [2.24, 2.45) is 11.3 Å². The molecular weight excluding hydrogens is 152 g/mol. The van der Waals surface area contributed by atoms with Crippen LogP contribution in [0, 0.1) is 11.3 Å². The summed E-state index contributed by atoms with van der Waals surface area (Å²) < 4.78 is 0. The summed E-state index contributed by atoms with van der Waals surface area (Å²) in [5, 5.41) is 8.69. The minimum atomic E-state index is -0.681. The molecular formula is C10H20O2. The standard InChI is InChI=1S/C10H20O2/c1-5-10(4,6-8(2)3)7-9(11)12/h8H,5-7H2,1-4H3,(H,11,12). The minimum Gasteiger partial charge on any atom is -0.481 e. The fraction of sp³-hybridized carbons (Fsp3) is 0.900. The number of carbonyl (C=O) groups is 1. The predicted molar refractivity (Wildman–Crippen MR) is 50.1 cm³/mol. The Morgan fingerprint density at radius 3 is 2.25 bits per heavy atom. The van der Waals surface area contributed by atoms with Crippen LogP contribution in [0.25, 0.3) is 0 Å². The van der Waals surface area contributed by atoms with Crippen LogP contribution in [0.4, 0.5) is 0 Å². The molecule has 0 bridgehead atoms. The highest BCUT2D eigenvalue weighted by Gasteiger charge is 2.26. The zero-order chi connectivity index (χ0) is 9.78. The molecule has 0 saturated heterocycles. The van der Waals surface area contributed by atoms with Gasteiger partial charge in [-0.1, -0.05) is 34.1 Å². The van der Waals surface area contributed by atoms with Gasteiger partial charge >= 0.3 is 5.97 Å². The van der Waals surface area contributed by atoms with Crippen molar-refractivity contribution in [2.75, 3.05) is 0 Å². The third kappa shape index (κ3) is 4.37. The third-order valence-electron chi connectivity index (χ3n) is 2.33. The maximum atomic E-state index is 10.6. The van der Waals surface area contributed by atoms with Gasteiger partial charge in [0.2, 0.25) is 0 Å². The maximum absolute atomic E-state index is 10.6. The van der Waals surface area contributed by atoms with Crippen molar-refractivity contribution in [3.05, 3.63) is 0 Å². The van der Waals surface area contributed by atoms with E-state index in [4.69, 9.17) is 5.11 Å². The first-order chi connectivity index (χ1) is 5.39. The Bertz CT molecular complexity index is 152. The SMILES string of the molecule is CCC(C)(CC(=O)O)CC(C)C. The number of rotatable bonds is 5. The monoisotopic (exact) mass is 172 g/mol. The molecule has 12 heavy (non-hydrogen) atoms. The molecule has 72 valence electrons. The van der Waals surface area contributed by atoms with E-state index in [0.29, 0.717) is 12.3 Å². The van der Waals surface area contributed by atoms with Crippen LogP contribution in [0.2, 0.25) is 0 Å². The van der Waals surface area contributed by atoms with Crippen LogP contribution in [0.1, 0.15) is 47.0 Å². The number of hydrogen-bond donors (Lipinski definition) is 1. The summed E-state index contributed by atoms with van der Waals surface area (Å²) in [7, 11) is 0. The zero-order valence-electron chi connectivity index (χ0n) is 8.55. The lowest BCUT2D eigenvalue weighted by Crippen LogP contribution is -2.21. The quantitative estimate of drug-likeness (QED) is 0.692. The van der Waals surface area contributed by atoms with Crippen molar-refractivity contribution < 1.29 is 9.90 Å². The lowest BCUT2D eigenvalue weighted by atomic mass is 9.77. The Morgan fingerprint density at radius 2 is 2.00 bits per heavy atom. The average molecular weight is 172 g/mol. The summed E-state index contributed by atoms with van der Waals surface area (Å²) in [5.74, 6) is -0.102. The van der Waals surface area contributed by atoms with E-state index in [-0.39, 0.29) is 5.41 Å². The first kappa shape index (κ1) is 11.5. The molecule has 0 aliphatic heterocycles. The second kappa shape index (κ2) is 4.48. The van der Waals surface area contributed by atoms with Crippen LogP contribution in [-0.2, 0) is 4.79 Å². The molecule has 0 amide bonds. The smallest absolute Gasteiger partial charge is 0.303 e. The van der Waals surface area contributed by atoms with E-state index in [9.17, 15) is 4.79 Å². The van der Waals surface area contributed by atoms with Crippen LogP contribution in [0.5, 0.6) is 0 Å². The highest BCUT2D eigenvalue weighted by Crippen LogP contribution is 2.33. The van der Waals surface area contributed by atoms with E-state index in [0.717, 1.165) is 12.8 Å². The van der Waals surface area contributed by atoms with Crippen molar-refractivity contribution in [1.82, 2.24) is 0 Å². The van der Waals surface area contributed by atoms with Gasteiger partial charge in [-0.3, -0.25) is 4.79 Å². The predicted octanol–water partition coefficient (Wildman–Crippen LogP) is 2.92. The minimum absolute atomic E-state index is 0.0139. The summed E-state index contributed by atoms with van der Waals surface area (Å²) in [4.78, 5) is 10.6. The summed E-state index contributed by atoms with van der Waals surface area (Å²) in [6, 6.07) is 0. The van der Waals surface area contributed by atoms with Gasteiger partial charge in [-0.2, -0.15) is 0 Å². The van der Waals surface area contributed by atoms with Gasteiger partial charge in [0.15, 0.2) is 0 Å². The molecule has 1 N–H and O–H groups in total. The van der Waals surface area contributed by atoms with Crippen LogP contribution < -0.4 is 0 Å². The highest BCUT2D eigenvalue weighted by molar-refractivity contribution is 5.67. The Balaban J connectivity index is 4.13. The van der Waals surface area contributed by atoms with Crippen LogP contribution in [0.3, 0.4) is 0 Å². The van der Waals surface area contributed by atoms with Gasteiger partial charge in [0.25, 0.3) is 0 Å². The second-order valence-electron chi connectivity index (χ2n) is 4.33. The molecule has 0 fully saturated rings. The van der Waals surface area contributed by atoms with Gasteiger partial charge in [-0.25, -0.2) is 0 Å². The third-order valence-corrected chi connectivity index (χ3v) is 2.33. The Labute approximate surface area is 75.0 Å². The highest BCUT2D eigenvalue weighted by atomic mass is 16.4. The van der Waals surface area contributed by atoms with E-state index in [2.05, 4.69) is 27.7 Å². The fourth-order valence-corrected chi connectivity index (χ4v) is 1.69. The molecule has 0 aliphatic rings. The number of carboxylic acids is 1.